The molecule has 0 aliphatic rings. The quantitative estimate of drug-likeness (QED) is 0.262. The summed E-state index contributed by atoms with van der Waals surface area (Å²) in [5, 5.41) is 6.20. The highest BCUT2D eigenvalue weighted by Gasteiger charge is 2.00. The summed E-state index contributed by atoms with van der Waals surface area (Å²) in [6.07, 6.45) is 0. The highest BCUT2D eigenvalue weighted by atomic mass is 31.1. The highest BCUT2D eigenvalue weighted by molar-refractivity contribution is 7.31. The first-order valence-corrected chi connectivity index (χ1v) is 2.39. The summed E-state index contributed by atoms with van der Waals surface area (Å²) >= 11 is 0. The van der Waals surface area contributed by atoms with Crippen molar-refractivity contribution in [1.29, 1.82) is 5.41 Å². The Kier molecular flexibility index (Phi) is 2.26. The summed E-state index contributed by atoms with van der Waals surface area (Å²) in [5.41, 5.74) is 4.47. The van der Waals surface area contributed by atoms with Gasteiger partial charge in [-0.2, -0.15) is 0 Å². The van der Waals surface area contributed by atoms with E-state index in [2.05, 4.69) is 10.3 Å². The van der Waals surface area contributed by atoms with Crippen LogP contribution in [0.3, 0.4) is 0 Å². The molecule has 0 aromatic rings. The van der Waals surface area contributed by atoms with E-state index in [9.17, 15) is 9.46 Å². The SMILES string of the molecule is N=C(N)O[P+](=O)[O-]. The van der Waals surface area contributed by atoms with Crippen LogP contribution in [0.15, 0.2) is 0 Å². The number of nitrogens with one attached hydrogen (secondary N) is 1. The molecule has 1 unspecified atom stereocenters. The largest absolute Gasteiger partial charge is 0.558 e. The van der Waals surface area contributed by atoms with Gasteiger partial charge in [-0.15, -0.1) is 0 Å². The van der Waals surface area contributed by atoms with Crippen LogP contribution in [0.25, 0.3) is 0 Å². The Hall–Kier alpha value is -0.670. The first-order valence-electron chi connectivity index (χ1n) is 1.29. The lowest BCUT2D eigenvalue weighted by Gasteiger charge is -1.83. The Morgan fingerprint density at radius 3 is 2.43 bits per heavy atom. The van der Waals surface area contributed by atoms with Crippen molar-refractivity contribution in [1.82, 2.24) is 0 Å². The van der Waals surface area contributed by atoms with Gasteiger partial charge in [0.2, 0.25) is 0 Å². The van der Waals surface area contributed by atoms with Crippen molar-refractivity contribution < 1.29 is 14.0 Å². The van der Waals surface area contributed by atoms with Gasteiger partial charge >= 0.3 is 14.3 Å². The maximum Gasteiger partial charge on any atom is 0.542 e. The van der Waals surface area contributed by atoms with E-state index >= 15 is 0 Å². The van der Waals surface area contributed by atoms with Crippen LogP contribution in [0.4, 0.5) is 0 Å². The number of hydrogen-bond acceptors (Lipinski definition) is 4. The van der Waals surface area contributed by atoms with Crippen LogP contribution >= 0.6 is 8.25 Å². The van der Waals surface area contributed by atoms with E-state index in [1.54, 1.807) is 0 Å². The first kappa shape index (κ1) is 6.33. The molecule has 40 valence electrons. The van der Waals surface area contributed by atoms with Crippen LogP contribution in [0.2, 0.25) is 0 Å². The Balaban J connectivity index is 3.32. The molecule has 0 aliphatic carbocycles. The van der Waals surface area contributed by atoms with Gasteiger partial charge in [-0.25, -0.2) is 9.93 Å². The van der Waals surface area contributed by atoms with E-state index in [-0.39, 0.29) is 0 Å². The molecule has 0 bridgehead atoms. The van der Waals surface area contributed by atoms with Gasteiger partial charge in [0.1, 0.15) is 0 Å². The zero-order valence-corrected chi connectivity index (χ0v) is 4.14. The second-order valence-electron chi connectivity index (χ2n) is 0.679. The van der Waals surface area contributed by atoms with E-state index in [1.165, 1.54) is 0 Å². The lowest BCUT2D eigenvalue weighted by molar-refractivity contribution is -0.179. The Bertz CT molecular complexity index is 89.1. The molecule has 0 aromatic carbocycles. The van der Waals surface area contributed by atoms with E-state index < -0.39 is 14.3 Å². The molecule has 0 fully saturated rings. The van der Waals surface area contributed by atoms with Crippen molar-refractivity contribution in [3.63, 3.8) is 0 Å². The predicted molar refractivity (Wildman–Crippen MR) is 20.6 cm³/mol. The number of rotatable bonds is 1. The minimum Gasteiger partial charge on any atom is -0.558 e. The molecular formula is CH3N2O3P. The van der Waals surface area contributed by atoms with Gasteiger partial charge in [-0.05, 0) is 4.57 Å². The summed E-state index contributed by atoms with van der Waals surface area (Å²) in [6.45, 7) is 0. The van der Waals surface area contributed by atoms with Gasteiger partial charge in [0.25, 0.3) is 0 Å². The van der Waals surface area contributed by atoms with Crippen molar-refractivity contribution >= 4 is 14.3 Å². The Morgan fingerprint density at radius 1 is 2.00 bits per heavy atom. The Morgan fingerprint density at radius 2 is 2.43 bits per heavy atom. The van der Waals surface area contributed by atoms with Crippen LogP contribution < -0.4 is 10.6 Å². The van der Waals surface area contributed by atoms with E-state index in [0.717, 1.165) is 0 Å². The molecular weight excluding hydrogens is 119 g/mol. The average Bonchev–Trinajstić information content (AvgIpc) is 1.27. The maximum absolute atomic E-state index is 9.40. The molecule has 1 atom stereocenters. The summed E-state index contributed by atoms with van der Waals surface area (Å²) in [6, 6.07) is -0.809. The molecule has 7 heavy (non-hydrogen) atoms. The van der Waals surface area contributed by atoms with Crippen molar-refractivity contribution in [2.24, 2.45) is 5.73 Å². The highest BCUT2D eigenvalue weighted by Crippen LogP contribution is 2.05. The van der Waals surface area contributed by atoms with E-state index in [4.69, 9.17) is 5.41 Å². The van der Waals surface area contributed by atoms with Crippen LogP contribution in [0.1, 0.15) is 0 Å². The van der Waals surface area contributed by atoms with Gasteiger partial charge < -0.3 is 10.6 Å². The molecule has 0 aliphatic heterocycles. The summed E-state index contributed by atoms with van der Waals surface area (Å²) in [4.78, 5) is 9.40. The smallest absolute Gasteiger partial charge is 0.542 e. The molecule has 0 heterocycles. The fraction of sp³-hybridized carbons (Fsp3) is 0. The number of amidine groups is 1. The summed E-state index contributed by atoms with van der Waals surface area (Å²) < 4.78 is 13.0. The average molecular weight is 122 g/mol. The van der Waals surface area contributed by atoms with Crippen LogP contribution in [-0.2, 0) is 9.09 Å². The monoisotopic (exact) mass is 122 g/mol. The predicted octanol–water partition coefficient (Wildman–Crippen LogP) is -1.09. The maximum atomic E-state index is 9.40. The zero-order valence-electron chi connectivity index (χ0n) is 3.25. The van der Waals surface area contributed by atoms with Crippen molar-refractivity contribution in [3.8, 4) is 0 Å². The van der Waals surface area contributed by atoms with Gasteiger partial charge in [-0.3, -0.25) is 0 Å². The fourth-order valence-corrected chi connectivity index (χ4v) is 0.241. The molecule has 0 radical (unpaired) electrons. The second-order valence-corrected chi connectivity index (χ2v) is 1.31. The van der Waals surface area contributed by atoms with E-state index in [0.29, 0.717) is 0 Å². The molecule has 0 saturated carbocycles. The molecule has 0 spiro atoms. The second kappa shape index (κ2) is 2.49. The van der Waals surface area contributed by atoms with Crippen LogP contribution in [0, 0.1) is 5.41 Å². The third-order valence-corrected chi connectivity index (χ3v) is 0.519. The first-order chi connectivity index (χ1) is 3.13. The van der Waals surface area contributed by atoms with E-state index in [1.807, 2.05) is 0 Å². The normalized spacial score (nSPS) is 10.1. The molecule has 0 saturated heterocycles. The topological polar surface area (TPSA) is 99.2 Å². The van der Waals surface area contributed by atoms with Crippen LogP contribution in [-0.4, -0.2) is 6.02 Å². The third kappa shape index (κ3) is 5.33. The third-order valence-electron chi connectivity index (χ3n) is 0.173. The van der Waals surface area contributed by atoms with Crippen LogP contribution in [0.5, 0.6) is 0 Å². The standard InChI is InChI=1S/CH3N2O3P/c2-1(3)6-7(4)5/h(H3,2,3). The number of hydrogen-bond donors (Lipinski definition) is 2. The minimum atomic E-state index is -2.99. The van der Waals surface area contributed by atoms with Gasteiger partial charge in [0, 0.05) is 0 Å². The number of nitrogens with two attached hydrogens (primary N) is 1. The molecule has 3 N–H and O–H groups in total. The van der Waals surface area contributed by atoms with Crippen molar-refractivity contribution in [2.75, 3.05) is 0 Å². The molecule has 0 rings (SSSR count). The van der Waals surface area contributed by atoms with Gasteiger partial charge in [0.05, 0.1) is 0 Å². The van der Waals surface area contributed by atoms with Crippen molar-refractivity contribution in [3.05, 3.63) is 0 Å². The molecule has 0 aromatic heterocycles. The van der Waals surface area contributed by atoms with Crippen molar-refractivity contribution in [2.45, 2.75) is 0 Å². The lowest BCUT2D eigenvalue weighted by Crippen LogP contribution is -2.11. The summed E-state index contributed by atoms with van der Waals surface area (Å²) in [7, 11) is -2.99. The van der Waals surface area contributed by atoms with Gasteiger partial charge in [0.15, 0.2) is 0 Å². The lowest BCUT2D eigenvalue weighted by atomic mass is 11.3. The molecule has 6 heteroatoms. The summed E-state index contributed by atoms with van der Waals surface area (Å²) in [5.74, 6) is 0. The Labute approximate surface area is 40.6 Å². The van der Waals surface area contributed by atoms with Gasteiger partial charge in [-0.1, -0.05) is 0 Å². The minimum absolute atomic E-state index is 0.809. The molecule has 5 nitrogen and oxygen atoms in total. The fourth-order valence-electron chi connectivity index (χ4n) is 0.0803. The zero-order chi connectivity index (χ0) is 5.86. The molecule has 0 amide bonds.